The number of benzene rings is 2. The van der Waals surface area contributed by atoms with Crippen LogP contribution in [-0.2, 0) is 21.7 Å². The lowest BCUT2D eigenvalue weighted by atomic mass is 9.78. The third-order valence-electron chi connectivity index (χ3n) is 10.8. The van der Waals surface area contributed by atoms with E-state index in [0.29, 0.717) is 0 Å². The van der Waals surface area contributed by atoms with E-state index in [0.717, 1.165) is 72.7 Å². The average Bonchev–Trinajstić information content (AvgIpc) is 3.94. The second-order valence-electron chi connectivity index (χ2n) is 19.5. The molecule has 0 atom stereocenters. The van der Waals surface area contributed by atoms with Gasteiger partial charge in [-0.25, -0.2) is 9.97 Å². The van der Waals surface area contributed by atoms with Crippen molar-refractivity contribution in [2.24, 2.45) is 0 Å². The summed E-state index contributed by atoms with van der Waals surface area (Å²) in [7, 11) is 0. The van der Waals surface area contributed by atoms with Crippen LogP contribution in [0.15, 0.2) is 72.8 Å². The summed E-state index contributed by atoms with van der Waals surface area (Å²) >= 11 is 0. The van der Waals surface area contributed by atoms with E-state index in [1.54, 1.807) is 0 Å². The molecule has 3 aromatic heterocycles. The highest BCUT2D eigenvalue weighted by atomic mass is 14.8. The van der Waals surface area contributed by atoms with Gasteiger partial charge in [-0.15, -0.1) is 0 Å². The summed E-state index contributed by atoms with van der Waals surface area (Å²) in [6.45, 7) is 27.2. The second kappa shape index (κ2) is 13.8. The van der Waals surface area contributed by atoms with Crippen LogP contribution in [0.5, 0.6) is 0 Å². The Hall–Kier alpha value is -5.73. The maximum absolute atomic E-state index is 9.73. The second-order valence-corrected chi connectivity index (χ2v) is 19.5. The highest BCUT2D eigenvalue weighted by Crippen LogP contribution is 2.40. The largest absolute Gasteiger partial charge is 0.355 e. The molecule has 0 fully saturated rings. The van der Waals surface area contributed by atoms with Crippen LogP contribution in [0.2, 0.25) is 0 Å². The molecule has 0 unspecified atom stereocenters. The van der Waals surface area contributed by atoms with Gasteiger partial charge >= 0.3 is 0 Å². The van der Waals surface area contributed by atoms with Crippen molar-refractivity contribution in [1.29, 1.82) is 5.26 Å². The van der Waals surface area contributed by atoms with Crippen molar-refractivity contribution in [2.45, 2.75) is 105 Å². The SMILES string of the molecule is CC(C)(C)c1cc(-c2c3nc(c(/C=C/C#N)c4nc(c(-c5cc(C(C)(C)C)cc(C(C)(C)C)c5)c5ccc(cc6ccc2[nH]6)[nH]5)C=C4)C=C3)cc(C(C)(C)C)c1. The van der Waals surface area contributed by atoms with Gasteiger partial charge in [0.15, 0.2) is 0 Å². The van der Waals surface area contributed by atoms with E-state index in [-0.39, 0.29) is 21.7 Å². The van der Waals surface area contributed by atoms with E-state index in [2.05, 4.69) is 190 Å². The Morgan fingerprint density at radius 1 is 0.482 bits per heavy atom. The third-order valence-corrected chi connectivity index (χ3v) is 10.8. The number of hydrogen-bond donors (Lipinski definition) is 2. The van der Waals surface area contributed by atoms with Crippen molar-refractivity contribution in [1.82, 2.24) is 19.9 Å². The maximum Gasteiger partial charge on any atom is 0.0912 e. The van der Waals surface area contributed by atoms with Crippen LogP contribution in [0.1, 0.15) is 134 Å². The first-order valence-corrected chi connectivity index (χ1v) is 19.7. The number of H-pyrrole nitrogens is 2. The van der Waals surface area contributed by atoms with Crippen molar-refractivity contribution in [3.63, 3.8) is 0 Å². The topological polar surface area (TPSA) is 81.2 Å². The van der Waals surface area contributed by atoms with Gasteiger partial charge in [0.1, 0.15) is 0 Å². The lowest BCUT2D eigenvalue weighted by Crippen LogP contribution is -2.16. The van der Waals surface area contributed by atoms with Crippen LogP contribution in [-0.4, -0.2) is 19.9 Å². The fourth-order valence-electron chi connectivity index (χ4n) is 7.34. The number of rotatable bonds is 3. The van der Waals surface area contributed by atoms with E-state index in [4.69, 9.17) is 9.97 Å². The van der Waals surface area contributed by atoms with Crippen molar-refractivity contribution in [3.8, 4) is 28.3 Å². The minimum atomic E-state index is -0.0536. The molecule has 2 aromatic carbocycles. The molecular formula is C51H55N5. The molecule has 5 aromatic rings. The van der Waals surface area contributed by atoms with Gasteiger partial charge in [0.25, 0.3) is 0 Å². The molecule has 0 saturated heterocycles. The van der Waals surface area contributed by atoms with Crippen LogP contribution in [0.4, 0.5) is 0 Å². The predicted octanol–water partition coefficient (Wildman–Crippen LogP) is 13.7. The molecule has 56 heavy (non-hydrogen) atoms. The first kappa shape index (κ1) is 38.5. The third kappa shape index (κ3) is 7.71. The number of aromatic amines is 2. The number of nitrogens with one attached hydrogen (secondary N) is 2. The van der Waals surface area contributed by atoms with Gasteiger partial charge in [-0.2, -0.15) is 5.26 Å². The van der Waals surface area contributed by atoms with Crippen LogP contribution >= 0.6 is 0 Å². The Bertz CT molecular complexity index is 2440. The van der Waals surface area contributed by atoms with Crippen LogP contribution < -0.4 is 0 Å². The molecule has 7 rings (SSSR count). The number of allylic oxidation sites excluding steroid dienone is 1. The molecule has 0 spiro atoms. The zero-order valence-corrected chi connectivity index (χ0v) is 35.2. The molecule has 284 valence electrons. The Kier molecular flexibility index (Phi) is 9.48. The van der Waals surface area contributed by atoms with E-state index >= 15 is 0 Å². The molecule has 0 aliphatic carbocycles. The molecule has 5 heteroatoms. The monoisotopic (exact) mass is 737 g/mol. The molecule has 5 nitrogen and oxygen atoms in total. The predicted molar refractivity (Wildman–Crippen MR) is 239 cm³/mol. The van der Waals surface area contributed by atoms with Gasteiger partial charge in [0.2, 0.25) is 0 Å². The van der Waals surface area contributed by atoms with Crippen LogP contribution in [0.3, 0.4) is 0 Å². The quantitative estimate of drug-likeness (QED) is 0.177. The molecule has 0 radical (unpaired) electrons. The van der Waals surface area contributed by atoms with Gasteiger partial charge in [-0.1, -0.05) is 119 Å². The molecule has 2 aliphatic rings. The number of hydrogen-bond acceptors (Lipinski definition) is 3. The lowest BCUT2D eigenvalue weighted by molar-refractivity contribution is 0.568. The standard InChI is InChI=1S/C51H55N5/c1-48(2,3)33-24-31(25-34(28-33)49(4,5)6)46-42-17-15-37(53-42)30-38-16-18-43(54-38)47(32-26-35(50(7,8)9)29-36(27-32)51(10,11)12)45-22-20-41(56-45)39(14-13-23-52)40-19-21-44(46)55-40/h13-22,24-30,53-54H,1-12H3/b14-13+,37-30?,38-30?,40-39?,41-39?,46-42?,46-44?,47-43?,47-45?. The van der Waals surface area contributed by atoms with Gasteiger partial charge in [-0.05, 0) is 116 Å². The molecule has 8 bridgehead atoms. The summed E-state index contributed by atoms with van der Waals surface area (Å²) in [4.78, 5) is 18.2. The van der Waals surface area contributed by atoms with Crippen molar-refractivity contribution in [3.05, 3.63) is 123 Å². The summed E-state index contributed by atoms with van der Waals surface area (Å²) < 4.78 is 0. The highest BCUT2D eigenvalue weighted by Gasteiger charge is 2.25. The Labute approximate surface area is 333 Å². The Morgan fingerprint density at radius 3 is 1.18 bits per heavy atom. The Morgan fingerprint density at radius 2 is 0.839 bits per heavy atom. The summed E-state index contributed by atoms with van der Waals surface area (Å²) in [5.74, 6) is 0. The minimum Gasteiger partial charge on any atom is -0.355 e. The van der Waals surface area contributed by atoms with E-state index in [9.17, 15) is 5.26 Å². The molecule has 2 aliphatic heterocycles. The summed E-state index contributed by atoms with van der Waals surface area (Å²) in [6, 6.07) is 27.0. The Balaban J connectivity index is 1.62. The zero-order valence-electron chi connectivity index (χ0n) is 35.2. The summed E-state index contributed by atoms with van der Waals surface area (Å²) in [6.07, 6.45) is 11.6. The molecular weight excluding hydrogens is 683 g/mol. The highest BCUT2D eigenvalue weighted by molar-refractivity contribution is 5.95. The average molecular weight is 738 g/mol. The number of nitriles is 1. The maximum atomic E-state index is 9.73. The number of aromatic nitrogens is 4. The van der Waals surface area contributed by atoms with Crippen LogP contribution in [0.25, 0.3) is 74.7 Å². The zero-order chi connectivity index (χ0) is 40.4. The first-order chi connectivity index (χ1) is 26.2. The molecule has 0 amide bonds. The van der Waals surface area contributed by atoms with Gasteiger partial charge in [-0.3, -0.25) is 0 Å². The number of nitrogens with zero attached hydrogens (tertiary/aromatic N) is 3. The van der Waals surface area contributed by atoms with Crippen LogP contribution in [0, 0.1) is 11.3 Å². The van der Waals surface area contributed by atoms with Crippen molar-refractivity contribution in [2.75, 3.05) is 0 Å². The van der Waals surface area contributed by atoms with E-state index in [1.165, 1.54) is 28.3 Å². The first-order valence-electron chi connectivity index (χ1n) is 19.7. The van der Waals surface area contributed by atoms with Gasteiger partial charge in [0, 0.05) is 44.8 Å². The summed E-state index contributed by atoms with van der Waals surface area (Å²) in [5, 5.41) is 9.73. The minimum absolute atomic E-state index is 0.0536. The number of fused-ring (bicyclic) bond motifs is 8. The van der Waals surface area contributed by atoms with Gasteiger partial charge < -0.3 is 9.97 Å². The van der Waals surface area contributed by atoms with Gasteiger partial charge in [0.05, 0.1) is 28.8 Å². The lowest BCUT2D eigenvalue weighted by Gasteiger charge is -2.26. The fraction of sp³-hybridized carbons (Fsp3) is 0.314. The smallest absolute Gasteiger partial charge is 0.0912 e. The summed E-state index contributed by atoms with van der Waals surface area (Å²) in [5.41, 5.74) is 17.1. The van der Waals surface area contributed by atoms with Crippen molar-refractivity contribution < 1.29 is 0 Å². The normalized spacial score (nSPS) is 13.5. The molecule has 0 saturated carbocycles. The molecule has 2 N–H and O–H groups in total. The molecule has 5 heterocycles. The van der Waals surface area contributed by atoms with E-state index in [1.807, 2.05) is 6.08 Å². The fourth-order valence-corrected chi connectivity index (χ4v) is 7.34. The van der Waals surface area contributed by atoms with E-state index < -0.39 is 0 Å². The van der Waals surface area contributed by atoms with Crippen molar-refractivity contribution >= 4 is 52.4 Å².